The summed E-state index contributed by atoms with van der Waals surface area (Å²) in [5, 5.41) is 0. The molecule has 128 valence electrons. The number of benzene rings is 1. The molecule has 7 heteroatoms. The number of piperazine rings is 1. The van der Waals surface area contributed by atoms with Gasteiger partial charge >= 0.3 is 6.03 Å². The molecule has 1 aromatic rings. The van der Waals surface area contributed by atoms with E-state index >= 15 is 0 Å². The summed E-state index contributed by atoms with van der Waals surface area (Å²) in [5.41, 5.74) is 7.25. The van der Waals surface area contributed by atoms with E-state index in [0.29, 0.717) is 26.1 Å². The molecule has 0 spiro atoms. The summed E-state index contributed by atoms with van der Waals surface area (Å²) in [6.45, 7) is 3.42. The number of likely N-dealkylation sites (tertiary alicyclic amines) is 1. The standard InChI is InChI=1S/C17H22N4O3/c1-12-5-2-3-6-13(12)20-10-9-19(11-15(20)22)16(23)14-7-4-8-21(14)17(18)24/h2-3,5-6,14H,4,7-11H2,1H3,(H2,18,24)/t14-/m1/s1. The lowest BCUT2D eigenvalue weighted by atomic mass is 10.1. The first kappa shape index (κ1) is 16.3. The van der Waals surface area contributed by atoms with Crippen LogP contribution < -0.4 is 10.6 Å². The van der Waals surface area contributed by atoms with Crippen molar-refractivity contribution in [2.24, 2.45) is 5.73 Å². The average molecular weight is 330 g/mol. The predicted molar refractivity (Wildman–Crippen MR) is 89.4 cm³/mol. The van der Waals surface area contributed by atoms with Crippen molar-refractivity contribution in [2.45, 2.75) is 25.8 Å². The summed E-state index contributed by atoms with van der Waals surface area (Å²) in [6.07, 6.45) is 1.37. The lowest BCUT2D eigenvalue weighted by Gasteiger charge is -2.37. The third kappa shape index (κ3) is 2.93. The maximum atomic E-state index is 12.7. The number of amides is 4. The highest BCUT2D eigenvalue weighted by atomic mass is 16.2. The van der Waals surface area contributed by atoms with Crippen LogP contribution in [0.3, 0.4) is 0 Å². The Morgan fingerprint density at radius 2 is 1.92 bits per heavy atom. The number of anilines is 1. The predicted octanol–water partition coefficient (Wildman–Crippen LogP) is 0.713. The molecule has 7 nitrogen and oxygen atoms in total. The first-order valence-electron chi connectivity index (χ1n) is 8.20. The molecular formula is C17H22N4O3. The van der Waals surface area contributed by atoms with Gasteiger partial charge in [-0.1, -0.05) is 18.2 Å². The van der Waals surface area contributed by atoms with Crippen molar-refractivity contribution >= 4 is 23.5 Å². The van der Waals surface area contributed by atoms with Gasteiger partial charge in [0.05, 0.1) is 0 Å². The average Bonchev–Trinajstić information content (AvgIpc) is 3.05. The highest BCUT2D eigenvalue weighted by molar-refractivity contribution is 5.99. The summed E-state index contributed by atoms with van der Waals surface area (Å²) in [4.78, 5) is 41.3. The summed E-state index contributed by atoms with van der Waals surface area (Å²) >= 11 is 0. The van der Waals surface area contributed by atoms with E-state index in [-0.39, 0.29) is 18.4 Å². The normalized spacial score (nSPS) is 21.3. The van der Waals surface area contributed by atoms with E-state index < -0.39 is 12.1 Å². The second kappa shape index (κ2) is 6.51. The van der Waals surface area contributed by atoms with Crippen molar-refractivity contribution in [3.8, 4) is 0 Å². The van der Waals surface area contributed by atoms with Gasteiger partial charge in [0, 0.05) is 25.3 Å². The van der Waals surface area contributed by atoms with Crippen molar-refractivity contribution in [3.63, 3.8) is 0 Å². The number of carbonyl (C=O) groups is 3. The molecule has 0 bridgehead atoms. The molecule has 2 N–H and O–H groups in total. The molecule has 0 unspecified atom stereocenters. The van der Waals surface area contributed by atoms with Crippen LogP contribution in [0.2, 0.25) is 0 Å². The molecule has 0 radical (unpaired) electrons. The zero-order valence-electron chi connectivity index (χ0n) is 13.8. The van der Waals surface area contributed by atoms with Crippen LogP contribution in [0, 0.1) is 6.92 Å². The van der Waals surface area contributed by atoms with Crippen LogP contribution in [-0.2, 0) is 9.59 Å². The highest BCUT2D eigenvalue weighted by Gasteiger charge is 2.38. The number of nitrogens with two attached hydrogens (primary N) is 1. The van der Waals surface area contributed by atoms with Gasteiger partial charge in [-0.2, -0.15) is 0 Å². The minimum absolute atomic E-state index is 0.0380. The van der Waals surface area contributed by atoms with Gasteiger partial charge in [-0.3, -0.25) is 9.59 Å². The number of hydrogen-bond acceptors (Lipinski definition) is 3. The molecule has 3 rings (SSSR count). The fraction of sp³-hybridized carbons (Fsp3) is 0.471. The quantitative estimate of drug-likeness (QED) is 0.866. The maximum absolute atomic E-state index is 12.7. The molecule has 0 aliphatic carbocycles. The van der Waals surface area contributed by atoms with E-state index in [1.807, 2.05) is 31.2 Å². The monoisotopic (exact) mass is 330 g/mol. The van der Waals surface area contributed by atoms with Crippen LogP contribution in [0.1, 0.15) is 18.4 Å². The number of para-hydroxylation sites is 1. The smallest absolute Gasteiger partial charge is 0.315 e. The van der Waals surface area contributed by atoms with E-state index in [1.165, 1.54) is 4.90 Å². The van der Waals surface area contributed by atoms with Crippen LogP contribution in [-0.4, -0.2) is 59.9 Å². The number of hydrogen-bond donors (Lipinski definition) is 1. The number of carbonyl (C=O) groups excluding carboxylic acids is 3. The van der Waals surface area contributed by atoms with E-state index in [9.17, 15) is 14.4 Å². The van der Waals surface area contributed by atoms with Gasteiger partial charge in [-0.05, 0) is 31.4 Å². The summed E-state index contributed by atoms with van der Waals surface area (Å²) < 4.78 is 0. The Morgan fingerprint density at radius 1 is 1.17 bits per heavy atom. The zero-order valence-corrected chi connectivity index (χ0v) is 13.8. The fourth-order valence-electron chi connectivity index (χ4n) is 3.48. The van der Waals surface area contributed by atoms with Gasteiger partial charge in [0.2, 0.25) is 11.8 Å². The fourth-order valence-corrected chi connectivity index (χ4v) is 3.48. The van der Waals surface area contributed by atoms with Crippen molar-refractivity contribution in [1.82, 2.24) is 9.80 Å². The second-order valence-corrected chi connectivity index (χ2v) is 6.28. The zero-order chi connectivity index (χ0) is 17.3. The van der Waals surface area contributed by atoms with Crippen LogP contribution in [0.15, 0.2) is 24.3 Å². The lowest BCUT2D eigenvalue weighted by molar-refractivity contribution is -0.139. The van der Waals surface area contributed by atoms with Gasteiger partial charge in [0.25, 0.3) is 0 Å². The molecule has 1 aromatic carbocycles. The molecule has 0 aromatic heterocycles. The lowest BCUT2D eigenvalue weighted by Crippen LogP contribution is -2.57. The number of primary amides is 1. The Kier molecular flexibility index (Phi) is 4.42. The summed E-state index contributed by atoms with van der Waals surface area (Å²) in [7, 11) is 0. The summed E-state index contributed by atoms with van der Waals surface area (Å²) in [5.74, 6) is -0.281. The van der Waals surface area contributed by atoms with Crippen LogP contribution in [0.25, 0.3) is 0 Å². The van der Waals surface area contributed by atoms with Crippen molar-refractivity contribution < 1.29 is 14.4 Å². The van der Waals surface area contributed by atoms with E-state index in [0.717, 1.165) is 17.7 Å². The highest BCUT2D eigenvalue weighted by Crippen LogP contribution is 2.24. The molecule has 0 saturated carbocycles. The van der Waals surface area contributed by atoms with Crippen LogP contribution in [0.5, 0.6) is 0 Å². The molecule has 2 aliphatic rings. The number of aryl methyl sites for hydroxylation is 1. The Morgan fingerprint density at radius 3 is 2.58 bits per heavy atom. The summed E-state index contributed by atoms with van der Waals surface area (Å²) in [6, 6.07) is 6.61. The molecule has 2 saturated heterocycles. The third-order valence-corrected chi connectivity index (χ3v) is 4.76. The molecule has 2 aliphatic heterocycles. The Hall–Kier alpha value is -2.57. The Balaban J connectivity index is 1.69. The topological polar surface area (TPSA) is 86.9 Å². The number of nitrogens with zero attached hydrogens (tertiary/aromatic N) is 3. The molecular weight excluding hydrogens is 308 g/mol. The Labute approximate surface area is 141 Å². The first-order valence-corrected chi connectivity index (χ1v) is 8.20. The maximum Gasteiger partial charge on any atom is 0.315 e. The second-order valence-electron chi connectivity index (χ2n) is 6.28. The number of urea groups is 1. The van der Waals surface area contributed by atoms with Crippen molar-refractivity contribution in [2.75, 3.05) is 31.1 Å². The van der Waals surface area contributed by atoms with Gasteiger partial charge in [0.1, 0.15) is 12.6 Å². The van der Waals surface area contributed by atoms with Crippen LogP contribution in [0.4, 0.5) is 10.5 Å². The SMILES string of the molecule is Cc1ccccc1N1CCN(C(=O)[C@H]2CCCN2C(N)=O)CC1=O. The van der Waals surface area contributed by atoms with Gasteiger partial charge < -0.3 is 20.4 Å². The Bertz CT molecular complexity index is 676. The van der Waals surface area contributed by atoms with Crippen molar-refractivity contribution in [1.29, 1.82) is 0 Å². The minimum Gasteiger partial charge on any atom is -0.351 e. The van der Waals surface area contributed by atoms with E-state index in [2.05, 4.69) is 0 Å². The van der Waals surface area contributed by atoms with Crippen LogP contribution >= 0.6 is 0 Å². The van der Waals surface area contributed by atoms with Gasteiger partial charge in [-0.25, -0.2) is 4.79 Å². The molecule has 2 heterocycles. The van der Waals surface area contributed by atoms with Gasteiger partial charge in [-0.15, -0.1) is 0 Å². The minimum atomic E-state index is -0.573. The van der Waals surface area contributed by atoms with Gasteiger partial charge in [0.15, 0.2) is 0 Å². The molecule has 24 heavy (non-hydrogen) atoms. The van der Waals surface area contributed by atoms with Crippen molar-refractivity contribution in [3.05, 3.63) is 29.8 Å². The first-order chi connectivity index (χ1) is 11.5. The largest absolute Gasteiger partial charge is 0.351 e. The van der Waals surface area contributed by atoms with E-state index in [1.54, 1.807) is 9.80 Å². The molecule has 4 amide bonds. The third-order valence-electron chi connectivity index (χ3n) is 4.76. The molecule has 1 atom stereocenters. The number of rotatable bonds is 2. The van der Waals surface area contributed by atoms with E-state index in [4.69, 9.17) is 5.73 Å². The molecule has 2 fully saturated rings.